The molecular weight excluding hydrogens is 256 g/mol. The molecule has 0 amide bonds. The fraction of sp³-hybridized carbons (Fsp3) is 0.571. The summed E-state index contributed by atoms with van der Waals surface area (Å²) in [5.74, 6) is 0. The number of aryl methyl sites for hydroxylation is 1. The molecule has 1 atom stereocenters. The molecule has 1 fully saturated rings. The predicted molar refractivity (Wildman–Crippen MR) is 74.0 cm³/mol. The van der Waals surface area contributed by atoms with Crippen LogP contribution in [0.25, 0.3) is 0 Å². The van der Waals surface area contributed by atoms with Crippen LogP contribution in [0.3, 0.4) is 0 Å². The molecule has 6 heteroatoms. The van der Waals surface area contributed by atoms with Gasteiger partial charge in [-0.15, -0.1) is 0 Å². The van der Waals surface area contributed by atoms with Gasteiger partial charge in [0.1, 0.15) is 0 Å². The number of pyridine rings is 1. The van der Waals surface area contributed by atoms with Crippen molar-refractivity contribution < 1.29 is 4.92 Å². The Morgan fingerprint density at radius 1 is 1.55 bits per heavy atom. The van der Waals surface area contributed by atoms with Crippen molar-refractivity contribution >= 4 is 5.69 Å². The molecule has 1 aromatic rings. The molecule has 0 aliphatic carbocycles. The number of hydrogen-bond donors (Lipinski definition) is 0. The van der Waals surface area contributed by atoms with Crippen molar-refractivity contribution in [2.45, 2.75) is 45.7 Å². The number of likely N-dealkylation sites (tertiary alicyclic amines) is 1. The highest BCUT2D eigenvalue weighted by atomic mass is 16.6. The largest absolute Gasteiger partial charge is 0.282 e. The molecule has 0 saturated carbocycles. The van der Waals surface area contributed by atoms with Crippen LogP contribution in [-0.2, 0) is 6.54 Å². The van der Waals surface area contributed by atoms with E-state index in [4.69, 9.17) is 0 Å². The Hall–Kier alpha value is -2.00. The lowest BCUT2D eigenvalue weighted by molar-refractivity contribution is -0.386. The van der Waals surface area contributed by atoms with Crippen LogP contribution in [0.15, 0.2) is 6.20 Å². The first-order valence-electron chi connectivity index (χ1n) is 6.77. The average Bonchev–Trinajstić information content (AvgIpc) is 2.42. The second-order valence-corrected chi connectivity index (χ2v) is 5.23. The summed E-state index contributed by atoms with van der Waals surface area (Å²) >= 11 is 0. The summed E-state index contributed by atoms with van der Waals surface area (Å²) in [5, 5.41) is 20.3. The third-order valence-electron chi connectivity index (χ3n) is 3.87. The normalized spacial score (nSPS) is 19.6. The van der Waals surface area contributed by atoms with E-state index >= 15 is 0 Å². The maximum atomic E-state index is 11.1. The maximum absolute atomic E-state index is 11.1. The maximum Gasteiger partial charge on any atom is 0.278 e. The van der Waals surface area contributed by atoms with Crippen molar-refractivity contribution in [3.05, 3.63) is 33.1 Å². The van der Waals surface area contributed by atoms with Crippen LogP contribution >= 0.6 is 0 Å². The predicted octanol–water partition coefficient (Wildman–Crippen LogP) is 2.48. The van der Waals surface area contributed by atoms with Crippen molar-refractivity contribution in [1.82, 2.24) is 9.88 Å². The summed E-state index contributed by atoms with van der Waals surface area (Å²) in [6, 6.07) is 2.20. The first kappa shape index (κ1) is 14.4. The fourth-order valence-electron chi connectivity index (χ4n) is 2.72. The van der Waals surface area contributed by atoms with E-state index in [0.29, 0.717) is 23.4 Å². The molecule has 0 spiro atoms. The molecule has 1 aromatic heterocycles. The SMILES string of the molecule is Cc1cnc(CN2CCCCC2C#N)c(C)c1[N+](=O)[O-]. The van der Waals surface area contributed by atoms with Crippen LogP contribution in [-0.4, -0.2) is 27.4 Å². The van der Waals surface area contributed by atoms with Crippen molar-refractivity contribution in [3.63, 3.8) is 0 Å². The van der Waals surface area contributed by atoms with Crippen LogP contribution in [0.5, 0.6) is 0 Å². The minimum atomic E-state index is -0.353. The van der Waals surface area contributed by atoms with Crippen LogP contribution < -0.4 is 0 Å². The molecule has 2 rings (SSSR count). The first-order valence-corrected chi connectivity index (χ1v) is 6.77. The molecule has 20 heavy (non-hydrogen) atoms. The van der Waals surface area contributed by atoms with Gasteiger partial charge in [0.2, 0.25) is 0 Å². The van der Waals surface area contributed by atoms with Gasteiger partial charge in [-0.3, -0.25) is 20.0 Å². The Morgan fingerprint density at radius 3 is 2.95 bits per heavy atom. The lowest BCUT2D eigenvalue weighted by Crippen LogP contribution is -2.38. The van der Waals surface area contributed by atoms with Crippen molar-refractivity contribution in [1.29, 1.82) is 5.26 Å². The third kappa shape index (κ3) is 2.78. The molecule has 0 bridgehead atoms. The molecule has 1 saturated heterocycles. The van der Waals surface area contributed by atoms with Crippen LogP contribution in [0.4, 0.5) is 5.69 Å². The van der Waals surface area contributed by atoms with Gasteiger partial charge in [0.15, 0.2) is 0 Å². The molecule has 0 N–H and O–H groups in total. The molecule has 1 unspecified atom stereocenters. The number of nitro groups is 1. The second kappa shape index (κ2) is 5.97. The van der Waals surface area contributed by atoms with E-state index in [1.165, 1.54) is 0 Å². The zero-order valence-corrected chi connectivity index (χ0v) is 11.8. The van der Waals surface area contributed by atoms with E-state index in [1.54, 1.807) is 20.0 Å². The average molecular weight is 274 g/mol. The Balaban J connectivity index is 2.28. The van der Waals surface area contributed by atoms with Gasteiger partial charge in [-0.25, -0.2) is 0 Å². The Kier molecular flexibility index (Phi) is 4.30. The minimum Gasteiger partial charge on any atom is -0.282 e. The van der Waals surface area contributed by atoms with Gasteiger partial charge in [0, 0.05) is 23.9 Å². The molecule has 2 heterocycles. The van der Waals surface area contributed by atoms with Crippen LogP contribution in [0.2, 0.25) is 0 Å². The van der Waals surface area contributed by atoms with E-state index in [0.717, 1.165) is 25.8 Å². The standard InChI is InChI=1S/C14H18N4O2/c1-10-8-16-13(11(2)14(10)18(19)20)9-17-6-4-3-5-12(17)7-15/h8,12H,3-6,9H2,1-2H3. The van der Waals surface area contributed by atoms with Gasteiger partial charge in [0.05, 0.1) is 22.7 Å². The third-order valence-corrected chi connectivity index (χ3v) is 3.87. The number of nitrogens with zero attached hydrogens (tertiary/aromatic N) is 4. The Labute approximate surface area is 118 Å². The Morgan fingerprint density at radius 2 is 2.30 bits per heavy atom. The second-order valence-electron chi connectivity index (χ2n) is 5.23. The van der Waals surface area contributed by atoms with Gasteiger partial charge < -0.3 is 0 Å². The molecule has 0 aromatic carbocycles. The quantitative estimate of drug-likeness (QED) is 0.624. The smallest absolute Gasteiger partial charge is 0.278 e. The van der Waals surface area contributed by atoms with Gasteiger partial charge in [0.25, 0.3) is 5.69 Å². The van der Waals surface area contributed by atoms with E-state index in [1.807, 2.05) is 0 Å². The lowest BCUT2D eigenvalue weighted by atomic mass is 10.0. The number of piperidine rings is 1. The molecule has 106 valence electrons. The van der Waals surface area contributed by atoms with E-state index < -0.39 is 0 Å². The fourth-order valence-corrected chi connectivity index (χ4v) is 2.72. The summed E-state index contributed by atoms with van der Waals surface area (Å²) in [5.41, 5.74) is 2.02. The molecule has 0 radical (unpaired) electrons. The Bertz CT molecular complexity index is 565. The summed E-state index contributed by atoms with van der Waals surface area (Å²) < 4.78 is 0. The summed E-state index contributed by atoms with van der Waals surface area (Å²) in [7, 11) is 0. The zero-order valence-electron chi connectivity index (χ0n) is 11.8. The van der Waals surface area contributed by atoms with Crippen LogP contribution in [0, 0.1) is 35.3 Å². The topological polar surface area (TPSA) is 83.1 Å². The van der Waals surface area contributed by atoms with Gasteiger partial charge in [-0.05, 0) is 39.7 Å². The van der Waals surface area contributed by atoms with Crippen LogP contribution in [0.1, 0.15) is 36.1 Å². The van der Waals surface area contributed by atoms with E-state index in [-0.39, 0.29) is 16.7 Å². The zero-order chi connectivity index (χ0) is 14.7. The highest BCUT2D eigenvalue weighted by molar-refractivity contribution is 5.47. The van der Waals surface area contributed by atoms with Crippen molar-refractivity contribution in [2.75, 3.05) is 6.54 Å². The number of nitriles is 1. The van der Waals surface area contributed by atoms with Crippen molar-refractivity contribution in [2.24, 2.45) is 0 Å². The molecular formula is C14H18N4O2. The van der Waals surface area contributed by atoms with Gasteiger partial charge in [-0.1, -0.05) is 0 Å². The number of aromatic nitrogens is 1. The lowest BCUT2D eigenvalue weighted by Gasteiger charge is -2.31. The molecule has 1 aliphatic heterocycles. The molecule has 6 nitrogen and oxygen atoms in total. The monoisotopic (exact) mass is 274 g/mol. The number of hydrogen-bond acceptors (Lipinski definition) is 5. The first-order chi connectivity index (χ1) is 9.54. The van der Waals surface area contributed by atoms with E-state index in [9.17, 15) is 15.4 Å². The minimum absolute atomic E-state index is 0.106. The van der Waals surface area contributed by atoms with Gasteiger partial charge >= 0.3 is 0 Å². The summed E-state index contributed by atoms with van der Waals surface area (Å²) in [6.07, 6.45) is 4.54. The number of rotatable bonds is 3. The van der Waals surface area contributed by atoms with E-state index in [2.05, 4.69) is 16.0 Å². The highest BCUT2D eigenvalue weighted by Crippen LogP contribution is 2.26. The highest BCUT2D eigenvalue weighted by Gasteiger charge is 2.25. The summed E-state index contributed by atoms with van der Waals surface area (Å²) in [4.78, 5) is 17.2. The van der Waals surface area contributed by atoms with Gasteiger partial charge in [-0.2, -0.15) is 5.26 Å². The van der Waals surface area contributed by atoms with Crippen molar-refractivity contribution in [3.8, 4) is 6.07 Å². The molecule has 1 aliphatic rings. The summed E-state index contributed by atoms with van der Waals surface area (Å²) in [6.45, 7) is 4.78.